The molecule has 1 aliphatic carbocycles. The molecular formula is C26H30N2O3. The molecule has 4 rings (SSSR count). The van der Waals surface area contributed by atoms with Crippen molar-refractivity contribution in [3.63, 3.8) is 0 Å². The van der Waals surface area contributed by atoms with Gasteiger partial charge in [0.25, 0.3) is 5.91 Å². The summed E-state index contributed by atoms with van der Waals surface area (Å²) in [6, 6.07) is 19.2. The van der Waals surface area contributed by atoms with Crippen molar-refractivity contribution in [3.8, 4) is 0 Å². The topological polar surface area (TPSA) is 49.9 Å². The van der Waals surface area contributed by atoms with Gasteiger partial charge in [0, 0.05) is 18.3 Å². The maximum Gasteiger partial charge on any atom is 0.337 e. The van der Waals surface area contributed by atoms with Gasteiger partial charge in [0.1, 0.15) is 0 Å². The maximum absolute atomic E-state index is 13.5. The van der Waals surface area contributed by atoms with Crippen LogP contribution < -0.4 is 0 Å². The Morgan fingerprint density at radius 3 is 2.23 bits per heavy atom. The van der Waals surface area contributed by atoms with Crippen molar-refractivity contribution in [1.82, 2.24) is 10.0 Å². The quantitative estimate of drug-likeness (QED) is 0.623. The highest BCUT2D eigenvalue weighted by Gasteiger charge is 2.44. The average Bonchev–Trinajstić information content (AvgIpc) is 3.19. The minimum Gasteiger partial charge on any atom is -0.463 e. The first-order valence-corrected chi connectivity index (χ1v) is 11.3. The highest BCUT2D eigenvalue weighted by molar-refractivity contribution is 5.97. The number of rotatable bonds is 6. The minimum atomic E-state index is -0.320. The van der Waals surface area contributed by atoms with Crippen molar-refractivity contribution in [2.45, 2.75) is 51.6 Å². The monoisotopic (exact) mass is 418 g/mol. The Kier molecular flexibility index (Phi) is 6.82. The second-order valence-electron chi connectivity index (χ2n) is 8.25. The Hall–Kier alpha value is -2.92. The SMILES string of the molecule is CCOC(=O)C1=CN(C(=O)c2ccccc2)N(Cc2ccccc2)[C@@H]1C1CCCCC1. The molecule has 1 fully saturated rings. The number of amides is 1. The molecule has 1 amide bonds. The Labute approximate surface area is 184 Å². The lowest BCUT2D eigenvalue weighted by Crippen LogP contribution is -2.48. The fourth-order valence-corrected chi connectivity index (χ4v) is 4.75. The van der Waals surface area contributed by atoms with Crippen molar-refractivity contribution in [3.05, 3.63) is 83.6 Å². The van der Waals surface area contributed by atoms with Crippen molar-refractivity contribution >= 4 is 11.9 Å². The van der Waals surface area contributed by atoms with Gasteiger partial charge in [0.05, 0.1) is 18.2 Å². The van der Waals surface area contributed by atoms with Crippen molar-refractivity contribution in [2.75, 3.05) is 6.61 Å². The third kappa shape index (κ3) is 4.72. The van der Waals surface area contributed by atoms with Gasteiger partial charge < -0.3 is 4.74 Å². The van der Waals surface area contributed by atoms with Gasteiger partial charge in [0.15, 0.2) is 0 Å². The predicted octanol–water partition coefficient (Wildman–Crippen LogP) is 4.96. The third-order valence-electron chi connectivity index (χ3n) is 6.20. The van der Waals surface area contributed by atoms with E-state index in [2.05, 4.69) is 17.1 Å². The molecule has 0 bridgehead atoms. The zero-order valence-corrected chi connectivity index (χ0v) is 18.1. The lowest BCUT2D eigenvalue weighted by Gasteiger charge is -2.38. The van der Waals surface area contributed by atoms with Gasteiger partial charge in [-0.3, -0.25) is 4.79 Å². The van der Waals surface area contributed by atoms with Gasteiger partial charge in [-0.15, -0.1) is 0 Å². The first-order chi connectivity index (χ1) is 15.2. The molecule has 1 heterocycles. The first-order valence-electron chi connectivity index (χ1n) is 11.3. The molecule has 5 heteroatoms. The summed E-state index contributed by atoms with van der Waals surface area (Å²) in [5.41, 5.74) is 2.30. The molecule has 0 unspecified atom stereocenters. The van der Waals surface area contributed by atoms with Crippen molar-refractivity contribution in [1.29, 1.82) is 0 Å². The summed E-state index contributed by atoms with van der Waals surface area (Å²) in [4.78, 5) is 26.4. The second-order valence-corrected chi connectivity index (χ2v) is 8.25. The van der Waals surface area contributed by atoms with Crippen LogP contribution in [-0.4, -0.2) is 34.5 Å². The Morgan fingerprint density at radius 2 is 1.58 bits per heavy atom. The molecule has 2 aromatic rings. The van der Waals surface area contributed by atoms with E-state index in [-0.39, 0.29) is 17.9 Å². The number of ether oxygens (including phenoxy) is 1. The number of hydrogen-bond acceptors (Lipinski definition) is 4. The van der Waals surface area contributed by atoms with Crippen LogP contribution in [0.3, 0.4) is 0 Å². The molecule has 5 nitrogen and oxygen atoms in total. The summed E-state index contributed by atoms with van der Waals surface area (Å²) in [6.45, 7) is 2.69. The first kappa shape index (κ1) is 21.3. The maximum atomic E-state index is 13.5. The fourth-order valence-electron chi connectivity index (χ4n) is 4.75. The van der Waals surface area contributed by atoms with E-state index in [1.165, 1.54) is 6.42 Å². The van der Waals surface area contributed by atoms with Crippen LogP contribution >= 0.6 is 0 Å². The Bertz CT molecular complexity index is 920. The standard InChI is InChI=1S/C26H30N2O3/c1-2-31-26(30)23-19-28(25(29)22-16-10-5-11-17-22)27(18-20-12-6-3-7-13-20)24(23)21-14-8-4-9-15-21/h3,5-7,10-13,16-17,19,21,24H,2,4,8-9,14-15,18H2,1H3/t24-/m1/s1. The Balaban J connectivity index is 1.73. The van der Waals surface area contributed by atoms with Gasteiger partial charge in [-0.25, -0.2) is 14.8 Å². The van der Waals surface area contributed by atoms with Gasteiger partial charge in [-0.1, -0.05) is 67.8 Å². The van der Waals surface area contributed by atoms with Crippen LogP contribution in [0.4, 0.5) is 0 Å². The zero-order chi connectivity index (χ0) is 21.6. The van der Waals surface area contributed by atoms with Crippen LogP contribution in [0.25, 0.3) is 0 Å². The number of benzene rings is 2. The summed E-state index contributed by atoms with van der Waals surface area (Å²) in [5, 5.41) is 3.72. The van der Waals surface area contributed by atoms with Crippen LogP contribution in [0.15, 0.2) is 72.4 Å². The molecule has 1 atom stereocenters. The van der Waals surface area contributed by atoms with E-state index in [4.69, 9.17) is 4.74 Å². The molecule has 31 heavy (non-hydrogen) atoms. The van der Waals surface area contributed by atoms with Crippen LogP contribution in [0.1, 0.15) is 54.9 Å². The van der Waals surface area contributed by atoms with E-state index in [1.54, 1.807) is 11.2 Å². The summed E-state index contributed by atoms with van der Waals surface area (Å²) in [5.74, 6) is -0.127. The smallest absolute Gasteiger partial charge is 0.337 e. The van der Waals surface area contributed by atoms with E-state index in [9.17, 15) is 9.59 Å². The number of nitrogens with zero attached hydrogens (tertiary/aromatic N) is 2. The van der Waals surface area contributed by atoms with Crippen LogP contribution in [-0.2, 0) is 16.1 Å². The highest BCUT2D eigenvalue weighted by atomic mass is 16.5. The fraction of sp³-hybridized carbons (Fsp3) is 0.385. The predicted molar refractivity (Wildman–Crippen MR) is 120 cm³/mol. The highest BCUT2D eigenvalue weighted by Crippen LogP contribution is 2.38. The normalized spacial score (nSPS) is 19.8. The van der Waals surface area contributed by atoms with Crippen molar-refractivity contribution in [2.24, 2.45) is 5.92 Å². The summed E-state index contributed by atoms with van der Waals surface area (Å²) < 4.78 is 5.41. The number of hydrazine groups is 1. The number of carbonyl (C=O) groups excluding carboxylic acids is 2. The molecule has 2 aromatic carbocycles. The third-order valence-corrected chi connectivity index (χ3v) is 6.20. The van der Waals surface area contributed by atoms with Gasteiger partial charge in [-0.05, 0) is 43.4 Å². The molecule has 0 radical (unpaired) electrons. The molecule has 0 N–H and O–H groups in total. The van der Waals surface area contributed by atoms with Crippen LogP contribution in [0.5, 0.6) is 0 Å². The minimum absolute atomic E-state index is 0.128. The molecule has 1 aliphatic heterocycles. The van der Waals surface area contributed by atoms with E-state index >= 15 is 0 Å². The Morgan fingerprint density at radius 1 is 0.935 bits per heavy atom. The van der Waals surface area contributed by atoms with Crippen LogP contribution in [0.2, 0.25) is 0 Å². The molecule has 162 valence electrons. The number of esters is 1. The molecule has 2 aliphatic rings. The molecule has 0 saturated heterocycles. The largest absolute Gasteiger partial charge is 0.463 e. The lowest BCUT2D eigenvalue weighted by molar-refractivity contribution is -0.139. The van der Waals surface area contributed by atoms with E-state index in [0.717, 1.165) is 31.2 Å². The van der Waals surface area contributed by atoms with E-state index < -0.39 is 0 Å². The van der Waals surface area contributed by atoms with Crippen LogP contribution in [0, 0.1) is 5.92 Å². The van der Waals surface area contributed by atoms with Crippen molar-refractivity contribution < 1.29 is 14.3 Å². The molecular weight excluding hydrogens is 388 g/mol. The van der Waals surface area contributed by atoms with E-state index in [1.807, 2.05) is 55.5 Å². The number of carbonyl (C=O) groups is 2. The number of hydrogen-bond donors (Lipinski definition) is 0. The second kappa shape index (κ2) is 9.92. The van der Waals surface area contributed by atoms with E-state index in [0.29, 0.717) is 30.2 Å². The van der Waals surface area contributed by atoms with Gasteiger partial charge >= 0.3 is 5.97 Å². The average molecular weight is 419 g/mol. The van der Waals surface area contributed by atoms with Gasteiger partial charge in [0.2, 0.25) is 0 Å². The molecule has 0 spiro atoms. The zero-order valence-electron chi connectivity index (χ0n) is 18.1. The summed E-state index contributed by atoms with van der Waals surface area (Å²) in [7, 11) is 0. The lowest BCUT2D eigenvalue weighted by atomic mass is 9.81. The summed E-state index contributed by atoms with van der Waals surface area (Å²) in [6.07, 6.45) is 7.37. The molecule has 0 aromatic heterocycles. The summed E-state index contributed by atoms with van der Waals surface area (Å²) >= 11 is 0. The van der Waals surface area contributed by atoms with Gasteiger partial charge in [-0.2, -0.15) is 0 Å². The molecule has 1 saturated carbocycles.